The Balaban J connectivity index is 1.49. The molecule has 0 aromatic heterocycles. The molecule has 25 heavy (non-hydrogen) atoms. The van der Waals surface area contributed by atoms with E-state index in [4.69, 9.17) is 0 Å². The number of aliphatic hydroxyl groups is 2. The van der Waals surface area contributed by atoms with Gasteiger partial charge in [0.1, 0.15) is 0 Å². The quantitative estimate of drug-likeness (QED) is 0.669. The van der Waals surface area contributed by atoms with E-state index in [1.54, 1.807) is 0 Å². The van der Waals surface area contributed by atoms with Crippen molar-refractivity contribution in [2.75, 3.05) is 12.6 Å². The Kier molecular flexibility index (Phi) is 6.48. The number of hydrogen-bond acceptors (Lipinski definition) is 4. The highest BCUT2D eigenvalue weighted by atomic mass is 32.2. The van der Waals surface area contributed by atoms with E-state index < -0.39 is 0 Å². The number of thioether (sulfide) groups is 1. The molecule has 140 valence electrons. The van der Waals surface area contributed by atoms with Crippen molar-refractivity contribution >= 4 is 11.8 Å². The minimum Gasteiger partial charge on any atom is -0.389 e. The summed E-state index contributed by atoms with van der Waals surface area (Å²) in [5.41, 5.74) is 1.51. The monoisotopic (exact) mass is 363 g/mol. The predicted octanol–water partition coefficient (Wildman–Crippen LogP) is 4.09. The highest BCUT2D eigenvalue weighted by molar-refractivity contribution is 7.99. The van der Waals surface area contributed by atoms with Crippen LogP contribution in [0.25, 0.3) is 0 Å². The van der Waals surface area contributed by atoms with Crippen molar-refractivity contribution < 1.29 is 10.2 Å². The first-order chi connectivity index (χ1) is 12.0. The van der Waals surface area contributed by atoms with E-state index in [0.29, 0.717) is 10.8 Å². The van der Waals surface area contributed by atoms with Crippen LogP contribution in [0.3, 0.4) is 0 Å². The van der Waals surface area contributed by atoms with Crippen molar-refractivity contribution in [1.82, 2.24) is 4.90 Å². The van der Waals surface area contributed by atoms with Crippen LogP contribution in [0.5, 0.6) is 0 Å². The van der Waals surface area contributed by atoms with Gasteiger partial charge in [-0.05, 0) is 50.0 Å². The molecule has 0 heterocycles. The van der Waals surface area contributed by atoms with Gasteiger partial charge >= 0.3 is 0 Å². The third kappa shape index (κ3) is 4.60. The average molecular weight is 364 g/mol. The van der Waals surface area contributed by atoms with Crippen LogP contribution in [0.15, 0.2) is 36.0 Å². The lowest BCUT2D eigenvalue weighted by molar-refractivity contribution is 0.0545. The second-order valence-electron chi connectivity index (χ2n) is 8.06. The maximum absolute atomic E-state index is 9.90. The molecule has 0 aromatic carbocycles. The lowest BCUT2D eigenvalue weighted by Gasteiger charge is -2.34. The van der Waals surface area contributed by atoms with Crippen LogP contribution in [-0.4, -0.2) is 44.6 Å². The van der Waals surface area contributed by atoms with Crippen LogP contribution in [0.4, 0.5) is 0 Å². The van der Waals surface area contributed by atoms with Crippen LogP contribution in [0.2, 0.25) is 0 Å². The third-order valence-corrected chi connectivity index (χ3v) is 7.40. The van der Waals surface area contributed by atoms with Crippen LogP contribution in [0, 0.1) is 11.8 Å². The molecule has 0 spiro atoms. The summed E-state index contributed by atoms with van der Waals surface area (Å²) in [6, 6.07) is 0. The Morgan fingerprint density at radius 2 is 2.28 bits per heavy atom. The molecule has 0 amide bonds. The van der Waals surface area contributed by atoms with Crippen molar-refractivity contribution in [3.63, 3.8) is 0 Å². The minimum absolute atomic E-state index is 0.184. The van der Waals surface area contributed by atoms with Gasteiger partial charge < -0.3 is 10.2 Å². The molecule has 0 saturated heterocycles. The summed E-state index contributed by atoms with van der Waals surface area (Å²) in [6.45, 7) is 4.48. The molecule has 2 saturated carbocycles. The van der Waals surface area contributed by atoms with Gasteiger partial charge in [0.25, 0.3) is 0 Å². The zero-order valence-electron chi connectivity index (χ0n) is 15.6. The first-order valence-electron chi connectivity index (χ1n) is 9.77. The van der Waals surface area contributed by atoms with Crippen molar-refractivity contribution in [3.05, 3.63) is 36.0 Å². The predicted molar refractivity (Wildman–Crippen MR) is 106 cm³/mol. The molecular formula is C21H33NO2S. The zero-order chi connectivity index (χ0) is 17.9. The van der Waals surface area contributed by atoms with Crippen molar-refractivity contribution in [2.45, 2.75) is 69.3 Å². The highest BCUT2D eigenvalue weighted by Crippen LogP contribution is 2.57. The molecule has 2 N–H and O–H groups in total. The van der Waals surface area contributed by atoms with Crippen molar-refractivity contribution in [3.8, 4) is 0 Å². The molecule has 4 heteroatoms. The molecule has 0 aromatic rings. The fraction of sp³-hybridized carbons (Fsp3) is 0.714. The topological polar surface area (TPSA) is 43.7 Å². The summed E-state index contributed by atoms with van der Waals surface area (Å²) in [6.07, 6.45) is 17.7. The normalized spacial score (nSPS) is 36.2. The van der Waals surface area contributed by atoms with Gasteiger partial charge in [-0.1, -0.05) is 50.1 Å². The smallest absolute Gasteiger partial charge is 0.0967 e. The minimum atomic E-state index is -0.340. The summed E-state index contributed by atoms with van der Waals surface area (Å²) in [7, 11) is 0. The van der Waals surface area contributed by atoms with Gasteiger partial charge in [0.2, 0.25) is 0 Å². The van der Waals surface area contributed by atoms with Crippen molar-refractivity contribution in [1.29, 1.82) is 0 Å². The fourth-order valence-corrected chi connectivity index (χ4v) is 5.23. The molecular weight excluding hydrogens is 330 g/mol. The maximum atomic E-state index is 9.90. The molecule has 0 radical (unpaired) electrons. The number of nitrogens with zero attached hydrogens (tertiary/aromatic N) is 1. The number of aliphatic hydroxyl groups excluding tert-OH is 2. The molecule has 2 unspecified atom stereocenters. The van der Waals surface area contributed by atoms with Gasteiger partial charge in [-0.15, -0.1) is 11.8 Å². The molecule has 3 aliphatic rings. The van der Waals surface area contributed by atoms with Gasteiger partial charge in [0, 0.05) is 16.7 Å². The van der Waals surface area contributed by atoms with Gasteiger partial charge in [-0.2, -0.15) is 0 Å². The van der Waals surface area contributed by atoms with E-state index in [0.717, 1.165) is 18.2 Å². The Morgan fingerprint density at radius 1 is 1.44 bits per heavy atom. The molecule has 5 atom stereocenters. The maximum Gasteiger partial charge on any atom is 0.0967 e. The molecule has 0 aliphatic heterocycles. The summed E-state index contributed by atoms with van der Waals surface area (Å²) in [4.78, 5) is 2.31. The van der Waals surface area contributed by atoms with E-state index in [2.05, 4.69) is 37.0 Å². The first kappa shape index (κ1) is 19.2. The lowest BCUT2D eigenvalue weighted by Crippen LogP contribution is -2.41. The van der Waals surface area contributed by atoms with Gasteiger partial charge in [-0.3, -0.25) is 4.90 Å². The Hall–Kier alpha value is -0.550. The molecule has 2 fully saturated rings. The van der Waals surface area contributed by atoms with E-state index in [-0.39, 0.29) is 18.8 Å². The molecule has 3 rings (SSSR count). The average Bonchev–Trinajstić information content (AvgIpc) is 3.37. The largest absolute Gasteiger partial charge is 0.389 e. The fourth-order valence-electron chi connectivity index (χ4n) is 4.28. The summed E-state index contributed by atoms with van der Waals surface area (Å²) in [5.74, 6) is 2.02. The second-order valence-corrected chi connectivity index (χ2v) is 9.39. The molecule has 3 aliphatic carbocycles. The second kappa shape index (κ2) is 8.43. The first-order valence-corrected chi connectivity index (χ1v) is 10.8. The van der Waals surface area contributed by atoms with Crippen LogP contribution in [0.1, 0.15) is 52.4 Å². The van der Waals surface area contributed by atoms with E-state index >= 15 is 0 Å². The Bertz CT molecular complexity index is 544. The number of rotatable bonds is 7. The van der Waals surface area contributed by atoms with E-state index in [9.17, 15) is 10.2 Å². The lowest BCUT2D eigenvalue weighted by atomic mass is 9.94. The molecule has 3 nitrogen and oxygen atoms in total. The third-order valence-electron chi connectivity index (χ3n) is 6.26. The zero-order valence-corrected chi connectivity index (χ0v) is 16.4. The van der Waals surface area contributed by atoms with E-state index in [1.807, 2.05) is 23.9 Å². The Labute approximate surface area is 156 Å². The number of allylic oxidation sites excluding steroid dienone is 4. The number of fused-ring (bicyclic) bond motifs is 1. The van der Waals surface area contributed by atoms with Gasteiger partial charge in [0.15, 0.2) is 0 Å². The highest BCUT2D eigenvalue weighted by Gasteiger charge is 2.58. The summed E-state index contributed by atoms with van der Waals surface area (Å²) in [5, 5.41) is 20.2. The summed E-state index contributed by atoms with van der Waals surface area (Å²) < 4.78 is 0. The van der Waals surface area contributed by atoms with E-state index in [1.165, 1.54) is 37.7 Å². The van der Waals surface area contributed by atoms with Crippen LogP contribution in [-0.2, 0) is 0 Å². The van der Waals surface area contributed by atoms with Crippen LogP contribution < -0.4 is 0 Å². The van der Waals surface area contributed by atoms with Gasteiger partial charge in [0.05, 0.1) is 12.8 Å². The number of hydrogen-bond donors (Lipinski definition) is 2. The molecule has 0 bridgehead atoms. The Morgan fingerprint density at radius 3 is 3.04 bits per heavy atom. The van der Waals surface area contributed by atoms with Crippen LogP contribution >= 0.6 is 11.8 Å². The SMILES string of the molecule is CC1CC=C(/C=C/[C@H](C)SCN(CO)C23CCCC[C@H]2C3)C=C[C@@H]1O. The standard InChI is InChI=1S/C21H33NO2S/c1-16-6-8-18(10-11-20(16)24)9-7-17(2)25-15-22(14-23)21-12-4-3-5-19(21)13-21/h7-11,16-17,19-20,23-24H,3-6,12-15H2,1-2H3/b9-7+/t16?,17-,19-,20-,21?/m0/s1. The van der Waals surface area contributed by atoms with Gasteiger partial charge in [-0.25, -0.2) is 0 Å². The summed E-state index contributed by atoms with van der Waals surface area (Å²) >= 11 is 1.90. The van der Waals surface area contributed by atoms with Crippen molar-refractivity contribution in [2.24, 2.45) is 11.8 Å².